The number of benzene rings is 1. The van der Waals surface area contributed by atoms with Gasteiger partial charge in [-0.1, -0.05) is 31.5 Å². The van der Waals surface area contributed by atoms with Gasteiger partial charge in [0.25, 0.3) is 5.91 Å². The van der Waals surface area contributed by atoms with Gasteiger partial charge in [-0.25, -0.2) is 4.79 Å². The summed E-state index contributed by atoms with van der Waals surface area (Å²) in [6.45, 7) is 5.31. The van der Waals surface area contributed by atoms with Crippen molar-refractivity contribution in [3.05, 3.63) is 29.3 Å². The molecule has 0 bridgehead atoms. The van der Waals surface area contributed by atoms with Crippen LogP contribution in [0.1, 0.15) is 20.8 Å². The first-order valence-corrected chi connectivity index (χ1v) is 7.09. The smallest absolute Gasteiger partial charge is 0.344 e. The fourth-order valence-corrected chi connectivity index (χ4v) is 1.53. The molecule has 1 aromatic rings. The molecule has 1 aromatic carbocycles. The summed E-state index contributed by atoms with van der Waals surface area (Å²) >= 11 is 5.79. The zero-order valence-corrected chi connectivity index (χ0v) is 13.1. The van der Waals surface area contributed by atoms with Crippen LogP contribution in [0.3, 0.4) is 0 Å². The van der Waals surface area contributed by atoms with Gasteiger partial charge in [-0.05, 0) is 31.0 Å². The third kappa shape index (κ3) is 6.99. The van der Waals surface area contributed by atoms with Crippen molar-refractivity contribution in [3.63, 3.8) is 0 Å². The molecule has 1 amide bonds. The minimum Gasteiger partial charge on any atom is -0.482 e. The molecule has 0 saturated carbocycles. The normalized spacial score (nSPS) is 11.9. The fourth-order valence-electron chi connectivity index (χ4n) is 1.35. The van der Waals surface area contributed by atoms with Gasteiger partial charge >= 0.3 is 5.97 Å². The SMILES string of the molecule is CC(C)[C@H](C)NC(=O)COC(=O)COc1cccc(Cl)c1. The summed E-state index contributed by atoms with van der Waals surface area (Å²) in [5, 5.41) is 3.26. The van der Waals surface area contributed by atoms with Crippen LogP contribution >= 0.6 is 11.6 Å². The number of hydrogen-bond acceptors (Lipinski definition) is 4. The van der Waals surface area contributed by atoms with E-state index < -0.39 is 5.97 Å². The zero-order valence-electron chi connectivity index (χ0n) is 12.4. The molecule has 0 spiro atoms. The van der Waals surface area contributed by atoms with Crippen LogP contribution in [0.2, 0.25) is 5.02 Å². The van der Waals surface area contributed by atoms with Crippen LogP contribution in [0, 0.1) is 5.92 Å². The lowest BCUT2D eigenvalue weighted by molar-refractivity contribution is -0.150. The van der Waals surface area contributed by atoms with E-state index in [9.17, 15) is 9.59 Å². The minimum atomic E-state index is -0.609. The minimum absolute atomic E-state index is 0.0268. The Labute approximate surface area is 129 Å². The summed E-state index contributed by atoms with van der Waals surface area (Å²) in [5.41, 5.74) is 0. The molecule has 0 saturated heterocycles. The molecule has 0 aliphatic rings. The molecule has 21 heavy (non-hydrogen) atoms. The Morgan fingerprint density at radius 1 is 1.24 bits per heavy atom. The van der Waals surface area contributed by atoms with E-state index in [4.69, 9.17) is 21.1 Å². The first-order valence-electron chi connectivity index (χ1n) is 6.72. The third-order valence-electron chi connectivity index (χ3n) is 2.91. The topological polar surface area (TPSA) is 64.6 Å². The molecule has 0 fully saturated rings. The quantitative estimate of drug-likeness (QED) is 0.785. The Kier molecular flexibility index (Phi) is 7.02. The van der Waals surface area contributed by atoms with E-state index in [1.165, 1.54) is 0 Å². The highest BCUT2D eigenvalue weighted by Gasteiger charge is 2.13. The van der Waals surface area contributed by atoms with Crippen molar-refractivity contribution in [2.75, 3.05) is 13.2 Å². The Bertz CT molecular complexity index is 490. The largest absolute Gasteiger partial charge is 0.482 e. The first-order chi connectivity index (χ1) is 9.88. The number of carbonyl (C=O) groups excluding carboxylic acids is 2. The van der Waals surface area contributed by atoms with E-state index in [0.717, 1.165) is 0 Å². The van der Waals surface area contributed by atoms with Crippen molar-refractivity contribution in [2.24, 2.45) is 5.92 Å². The van der Waals surface area contributed by atoms with Crippen molar-refractivity contribution in [1.82, 2.24) is 5.32 Å². The lowest BCUT2D eigenvalue weighted by atomic mass is 10.1. The second-order valence-corrected chi connectivity index (χ2v) is 5.44. The molecule has 5 nitrogen and oxygen atoms in total. The lowest BCUT2D eigenvalue weighted by Gasteiger charge is -2.17. The predicted octanol–water partition coefficient (Wildman–Crippen LogP) is 2.42. The highest BCUT2D eigenvalue weighted by molar-refractivity contribution is 6.30. The summed E-state index contributed by atoms with van der Waals surface area (Å²) < 4.78 is 10.0. The predicted molar refractivity (Wildman–Crippen MR) is 80.3 cm³/mol. The second kappa shape index (κ2) is 8.52. The maximum absolute atomic E-state index is 11.5. The molecule has 0 aliphatic carbocycles. The molecule has 1 N–H and O–H groups in total. The third-order valence-corrected chi connectivity index (χ3v) is 3.14. The van der Waals surface area contributed by atoms with Gasteiger partial charge in [0, 0.05) is 11.1 Å². The van der Waals surface area contributed by atoms with E-state index in [2.05, 4.69) is 5.32 Å². The number of amides is 1. The summed E-state index contributed by atoms with van der Waals surface area (Å²) in [4.78, 5) is 23.0. The standard InChI is InChI=1S/C15H20ClNO4/c1-10(2)11(3)17-14(18)8-21-15(19)9-20-13-6-4-5-12(16)7-13/h4-7,10-11H,8-9H2,1-3H3,(H,17,18)/t11-/m0/s1. The summed E-state index contributed by atoms with van der Waals surface area (Å²) in [6.07, 6.45) is 0. The first kappa shape index (κ1) is 17.3. The van der Waals surface area contributed by atoms with Gasteiger partial charge in [0.1, 0.15) is 5.75 Å². The monoisotopic (exact) mass is 313 g/mol. The Hall–Kier alpha value is -1.75. The van der Waals surface area contributed by atoms with Crippen molar-refractivity contribution in [1.29, 1.82) is 0 Å². The highest BCUT2D eigenvalue weighted by atomic mass is 35.5. The van der Waals surface area contributed by atoms with E-state index >= 15 is 0 Å². The molecular formula is C15H20ClNO4. The zero-order chi connectivity index (χ0) is 15.8. The Balaban J connectivity index is 2.26. The van der Waals surface area contributed by atoms with E-state index in [1.807, 2.05) is 20.8 Å². The number of nitrogens with one attached hydrogen (secondary N) is 1. The highest BCUT2D eigenvalue weighted by Crippen LogP contribution is 2.16. The number of carbonyl (C=O) groups is 2. The second-order valence-electron chi connectivity index (χ2n) is 5.01. The maximum atomic E-state index is 11.5. The maximum Gasteiger partial charge on any atom is 0.344 e. The van der Waals surface area contributed by atoms with Crippen molar-refractivity contribution >= 4 is 23.5 Å². The lowest BCUT2D eigenvalue weighted by Crippen LogP contribution is -2.39. The molecule has 0 radical (unpaired) electrons. The number of halogens is 1. The van der Waals surface area contributed by atoms with Crippen LogP contribution in [0.5, 0.6) is 5.75 Å². The molecule has 1 atom stereocenters. The molecule has 0 aromatic heterocycles. The van der Waals surface area contributed by atoms with E-state index in [0.29, 0.717) is 16.7 Å². The molecule has 0 aliphatic heterocycles. The van der Waals surface area contributed by atoms with E-state index in [-0.39, 0.29) is 25.2 Å². The van der Waals surface area contributed by atoms with Gasteiger partial charge in [-0.3, -0.25) is 4.79 Å². The van der Waals surface area contributed by atoms with Gasteiger partial charge < -0.3 is 14.8 Å². The average Bonchev–Trinajstić information content (AvgIpc) is 2.42. The van der Waals surface area contributed by atoms with Crippen molar-refractivity contribution < 1.29 is 19.1 Å². The number of ether oxygens (including phenoxy) is 2. The molecule has 0 unspecified atom stereocenters. The number of esters is 1. The average molecular weight is 314 g/mol. The summed E-state index contributed by atoms with van der Waals surface area (Å²) in [6, 6.07) is 6.71. The van der Waals surface area contributed by atoms with Gasteiger partial charge in [0.05, 0.1) is 0 Å². The Morgan fingerprint density at radius 3 is 2.57 bits per heavy atom. The molecule has 6 heteroatoms. The Morgan fingerprint density at radius 2 is 1.95 bits per heavy atom. The molecule has 0 heterocycles. The van der Waals surface area contributed by atoms with Gasteiger partial charge in [0.2, 0.25) is 0 Å². The number of rotatable bonds is 7. The van der Waals surface area contributed by atoms with Crippen LogP contribution in [0.25, 0.3) is 0 Å². The fraction of sp³-hybridized carbons (Fsp3) is 0.467. The van der Waals surface area contributed by atoms with Crippen molar-refractivity contribution in [3.8, 4) is 5.75 Å². The van der Waals surface area contributed by atoms with Crippen LogP contribution in [0.15, 0.2) is 24.3 Å². The van der Waals surface area contributed by atoms with Crippen LogP contribution in [-0.2, 0) is 14.3 Å². The van der Waals surface area contributed by atoms with Crippen LogP contribution in [0.4, 0.5) is 0 Å². The van der Waals surface area contributed by atoms with Gasteiger partial charge in [0.15, 0.2) is 13.2 Å². The van der Waals surface area contributed by atoms with Crippen molar-refractivity contribution in [2.45, 2.75) is 26.8 Å². The summed E-state index contributed by atoms with van der Waals surface area (Å²) in [5.74, 6) is -0.150. The van der Waals surface area contributed by atoms with Gasteiger partial charge in [-0.15, -0.1) is 0 Å². The van der Waals surface area contributed by atoms with Crippen LogP contribution in [-0.4, -0.2) is 31.1 Å². The summed E-state index contributed by atoms with van der Waals surface area (Å²) in [7, 11) is 0. The molecule has 116 valence electrons. The van der Waals surface area contributed by atoms with Crippen LogP contribution < -0.4 is 10.1 Å². The number of hydrogen-bond donors (Lipinski definition) is 1. The van der Waals surface area contributed by atoms with Gasteiger partial charge in [-0.2, -0.15) is 0 Å². The molecular weight excluding hydrogens is 294 g/mol. The molecule has 1 rings (SSSR count). The van der Waals surface area contributed by atoms with E-state index in [1.54, 1.807) is 24.3 Å².